The summed E-state index contributed by atoms with van der Waals surface area (Å²) < 4.78 is 32.1. The predicted molar refractivity (Wildman–Crippen MR) is 155 cm³/mol. The Kier molecular flexibility index (Phi) is 10.1. The van der Waals surface area contributed by atoms with Crippen LogP contribution in [0, 0.1) is 0 Å². The maximum Gasteiger partial charge on any atom is 0.162 e. The summed E-state index contributed by atoms with van der Waals surface area (Å²) in [6.07, 6.45) is -1.83. The third-order valence-corrected chi connectivity index (χ3v) is 7.00. The second-order valence-corrected chi connectivity index (χ2v) is 9.99. The van der Waals surface area contributed by atoms with Crippen molar-refractivity contribution in [3.63, 3.8) is 0 Å². The van der Waals surface area contributed by atoms with Gasteiger partial charge in [0.05, 0.1) is 26.4 Å². The molecule has 5 nitrogen and oxygen atoms in total. The van der Waals surface area contributed by atoms with Gasteiger partial charge in [0.15, 0.2) is 6.10 Å². The van der Waals surface area contributed by atoms with Crippen LogP contribution in [0.1, 0.15) is 16.7 Å². The zero-order valence-electron chi connectivity index (χ0n) is 21.8. The lowest BCUT2D eigenvalue weighted by atomic mass is 9.98. The Morgan fingerprint density at radius 3 is 1.54 bits per heavy atom. The highest BCUT2D eigenvalue weighted by Gasteiger charge is 2.48. The molecule has 0 radical (unpaired) electrons. The van der Waals surface area contributed by atoms with Gasteiger partial charge < -0.3 is 23.7 Å². The molecule has 1 aliphatic heterocycles. The minimum atomic E-state index is -0.548. The summed E-state index contributed by atoms with van der Waals surface area (Å²) in [5.41, 5.74) is 2.68. The molecule has 0 unspecified atom stereocenters. The first-order chi connectivity index (χ1) is 19.3. The van der Waals surface area contributed by atoms with Crippen molar-refractivity contribution in [2.24, 2.45) is 0 Å². The maximum atomic E-state index is 6.59. The Balaban J connectivity index is 1.38. The first-order valence-electron chi connectivity index (χ1n) is 13.2. The van der Waals surface area contributed by atoms with Crippen molar-refractivity contribution >= 4 is 12.6 Å². The quantitative estimate of drug-likeness (QED) is 0.208. The molecule has 1 aliphatic rings. The summed E-state index contributed by atoms with van der Waals surface area (Å²) in [7, 11) is 0. The molecule has 0 amide bonds. The molecule has 0 aliphatic carbocycles. The van der Waals surface area contributed by atoms with Crippen molar-refractivity contribution in [1.29, 1.82) is 0 Å². The van der Waals surface area contributed by atoms with Gasteiger partial charge in [-0.05, 0) is 28.8 Å². The second-order valence-electron chi connectivity index (χ2n) is 9.48. The van der Waals surface area contributed by atoms with Crippen LogP contribution in [0.3, 0.4) is 0 Å². The van der Waals surface area contributed by atoms with E-state index in [1.807, 2.05) is 121 Å². The van der Waals surface area contributed by atoms with Crippen LogP contribution >= 0.6 is 12.6 Å². The van der Waals surface area contributed by atoms with E-state index >= 15 is 0 Å². The third-order valence-electron chi connectivity index (χ3n) is 6.59. The van der Waals surface area contributed by atoms with Crippen LogP contribution in [0.15, 0.2) is 121 Å². The molecule has 5 rings (SSSR count). The molecule has 0 spiro atoms. The van der Waals surface area contributed by atoms with E-state index < -0.39 is 29.9 Å². The Hall–Kier alpha value is -3.13. The fraction of sp³-hybridized carbons (Fsp3) is 0.273. The average Bonchev–Trinajstić information content (AvgIpc) is 2.99. The van der Waals surface area contributed by atoms with Gasteiger partial charge in [-0.3, -0.25) is 0 Å². The number of rotatable bonds is 12. The molecule has 1 saturated heterocycles. The summed E-state index contributed by atoms with van der Waals surface area (Å²) in [6.45, 7) is 1.62. The van der Waals surface area contributed by atoms with Gasteiger partial charge in [0.1, 0.15) is 29.5 Å². The Labute approximate surface area is 236 Å². The van der Waals surface area contributed by atoms with E-state index in [9.17, 15) is 0 Å². The van der Waals surface area contributed by atoms with Crippen molar-refractivity contribution < 1.29 is 23.7 Å². The van der Waals surface area contributed by atoms with Crippen LogP contribution in [-0.4, -0.2) is 36.5 Å². The first-order valence-corrected chi connectivity index (χ1v) is 13.8. The van der Waals surface area contributed by atoms with Gasteiger partial charge in [-0.1, -0.05) is 109 Å². The minimum Gasteiger partial charge on any atom is -0.484 e. The van der Waals surface area contributed by atoms with Gasteiger partial charge in [-0.15, -0.1) is 12.6 Å². The maximum absolute atomic E-state index is 6.59. The van der Waals surface area contributed by atoms with Crippen molar-refractivity contribution in [3.8, 4) is 5.75 Å². The highest BCUT2D eigenvalue weighted by atomic mass is 32.1. The molecular formula is C33H34O5S. The van der Waals surface area contributed by atoms with E-state index in [2.05, 4.69) is 0 Å². The van der Waals surface area contributed by atoms with E-state index in [1.165, 1.54) is 0 Å². The van der Waals surface area contributed by atoms with E-state index in [-0.39, 0.29) is 0 Å². The van der Waals surface area contributed by atoms with Crippen molar-refractivity contribution in [3.05, 3.63) is 138 Å². The molecule has 1 fully saturated rings. The molecule has 1 heterocycles. The van der Waals surface area contributed by atoms with Crippen LogP contribution in [0.4, 0.5) is 0 Å². The largest absolute Gasteiger partial charge is 0.484 e. The van der Waals surface area contributed by atoms with Crippen molar-refractivity contribution in [2.75, 3.05) is 6.61 Å². The summed E-state index contributed by atoms with van der Waals surface area (Å²) in [6, 6.07) is 40.0. The molecule has 6 heteroatoms. The summed E-state index contributed by atoms with van der Waals surface area (Å²) in [4.78, 5) is 0. The van der Waals surface area contributed by atoms with Gasteiger partial charge >= 0.3 is 0 Å². The van der Waals surface area contributed by atoms with Gasteiger partial charge in [-0.2, -0.15) is 0 Å². The SMILES string of the molecule is S[C@@H]1O[C@H](COCc2ccccc2)[C@@H](OCc2ccccc2)[C@H](OCc2ccccc2)[C@H]1Oc1ccccc1. The molecule has 39 heavy (non-hydrogen) atoms. The summed E-state index contributed by atoms with van der Waals surface area (Å²) in [5, 5.41) is 0. The van der Waals surface area contributed by atoms with Gasteiger partial charge in [0, 0.05) is 0 Å². The normalized spacial score (nSPS) is 22.8. The van der Waals surface area contributed by atoms with Crippen LogP contribution in [-0.2, 0) is 38.8 Å². The van der Waals surface area contributed by atoms with E-state index in [4.69, 9.17) is 36.3 Å². The molecule has 0 saturated carbocycles. The molecule has 4 aromatic carbocycles. The smallest absolute Gasteiger partial charge is 0.162 e. The van der Waals surface area contributed by atoms with E-state index in [0.717, 1.165) is 22.4 Å². The molecule has 202 valence electrons. The number of hydrogen-bond donors (Lipinski definition) is 1. The van der Waals surface area contributed by atoms with Crippen LogP contribution < -0.4 is 4.74 Å². The van der Waals surface area contributed by atoms with Crippen LogP contribution in [0.25, 0.3) is 0 Å². The molecule has 0 aromatic heterocycles. The number of benzene rings is 4. The predicted octanol–water partition coefficient (Wildman–Crippen LogP) is 6.48. The molecule has 0 bridgehead atoms. The summed E-state index contributed by atoms with van der Waals surface area (Å²) in [5.74, 6) is 0.721. The van der Waals surface area contributed by atoms with Gasteiger partial charge in [-0.25, -0.2) is 0 Å². The lowest BCUT2D eigenvalue weighted by Crippen LogP contribution is -2.61. The zero-order valence-corrected chi connectivity index (χ0v) is 22.6. The lowest BCUT2D eigenvalue weighted by molar-refractivity contribution is -0.237. The third kappa shape index (κ3) is 7.94. The topological polar surface area (TPSA) is 46.2 Å². The Morgan fingerprint density at radius 1 is 0.538 bits per heavy atom. The van der Waals surface area contributed by atoms with Gasteiger partial charge in [0.25, 0.3) is 0 Å². The monoisotopic (exact) mass is 542 g/mol. The number of hydrogen-bond acceptors (Lipinski definition) is 6. The Bertz CT molecular complexity index is 1230. The number of thiol groups is 1. The van der Waals surface area contributed by atoms with Crippen LogP contribution in [0.2, 0.25) is 0 Å². The fourth-order valence-electron chi connectivity index (χ4n) is 4.60. The van der Waals surface area contributed by atoms with Crippen molar-refractivity contribution in [2.45, 2.75) is 49.7 Å². The van der Waals surface area contributed by atoms with E-state index in [0.29, 0.717) is 26.4 Å². The van der Waals surface area contributed by atoms with Gasteiger partial charge in [0.2, 0.25) is 0 Å². The number of para-hydroxylation sites is 1. The first kappa shape index (κ1) is 27.4. The van der Waals surface area contributed by atoms with Crippen molar-refractivity contribution in [1.82, 2.24) is 0 Å². The molecule has 4 aromatic rings. The fourth-order valence-corrected chi connectivity index (χ4v) is 4.99. The standard InChI is InChI=1S/C33H34O5S/c39-33-32(37-28-19-11-4-12-20-28)31(36-23-27-17-9-3-10-18-27)30(35-22-26-15-7-2-8-16-26)29(38-33)24-34-21-25-13-5-1-6-14-25/h1-20,29-33,39H,21-24H2/t29-,30-,31+,32-,33+/m1/s1. The van der Waals surface area contributed by atoms with E-state index in [1.54, 1.807) is 0 Å². The zero-order chi connectivity index (χ0) is 26.7. The highest BCUT2D eigenvalue weighted by molar-refractivity contribution is 7.80. The summed E-state index contributed by atoms with van der Waals surface area (Å²) >= 11 is 4.82. The highest BCUT2D eigenvalue weighted by Crippen LogP contribution is 2.32. The second kappa shape index (κ2) is 14.3. The number of ether oxygens (including phenoxy) is 5. The molecule has 5 atom stereocenters. The lowest BCUT2D eigenvalue weighted by Gasteiger charge is -2.44. The van der Waals surface area contributed by atoms with Crippen LogP contribution in [0.5, 0.6) is 5.75 Å². The molecular weight excluding hydrogens is 508 g/mol. The average molecular weight is 543 g/mol. The Morgan fingerprint density at radius 2 is 1.00 bits per heavy atom. The minimum absolute atomic E-state index is 0.328. The molecule has 0 N–H and O–H groups in total.